The van der Waals surface area contributed by atoms with Crippen molar-refractivity contribution < 1.29 is 9.32 Å². The van der Waals surface area contributed by atoms with Crippen molar-refractivity contribution in [2.75, 3.05) is 38.0 Å². The number of amides is 1. The number of carbonyl (C=O) groups is 1. The molecule has 0 radical (unpaired) electrons. The van der Waals surface area contributed by atoms with Gasteiger partial charge < -0.3 is 9.84 Å². The van der Waals surface area contributed by atoms with E-state index >= 15 is 0 Å². The summed E-state index contributed by atoms with van der Waals surface area (Å²) >= 11 is 0. The highest BCUT2D eigenvalue weighted by Gasteiger charge is 2.26. The van der Waals surface area contributed by atoms with Crippen molar-refractivity contribution in [1.82, 2.24) is 19.9 Å². The number of anilines is 1. The average Bonchev–Trinajstić information content (AvgIpc) is 3.16. The van der Waals surface area contributed by atoms with E-state index in [1.54, 1.807) is 0 Å². The Labute approximate surface area is 167 Å². The van der Waals surface area contributed by atoms with Crippen molar-refractivity contribution >= 4 is 11.6 Å². The van der Waals surface area contributed by atoms with E-state index in [0.717, 1.165) is 43.3 Å². The van der Waals surface area contributed by atoms with Crippen LogP contribution >= 0.6 is 0 Å². The van der Waals surface area contributed by atoms with E-state index in [4.69, 9.17) is 4.52 Å². The SMILES string of the molecule is Cc1cccc(NC(=O)CN2CCN([C@@H](C)c3nc(C(C)C)no3)CC2)c1C. The van der Waals surface area contributed by atoms with Gasteiger partial charge >= 0.3 is 0 Å². The third-order valence-corrected chi connectivity index (χ3v) is 5.53. The monoisotopic (exact) mass is 385 g/mol. The average molecular weight is 386 g/mol. The summed E-state index contributed by atoms with van der Waals surface area (Å²) in [5.41, 5.74) is 3.20. The Kier molecular flexibility index (Phi) is 6.46. The molecule has 0 bridgehead atoms. The fraction of sp³-hybridized carbons (Fsp3) is 0.571. The molecule has 2 heterocycles. The molecule has 1 aromatic carbocycles. The van der Waals surface area contributed by atoms with E-state index in [9.17, 15) is 4.79 Å². The second-order valence-electron chi connectivity index (χ2n) is 7.93. The van der Waals surface area contributed by atoms with Gasteiger partial charge in [-0.25, -0.2) is 0 Å². The minimum atomic E-state index is 0.0358. The zero-order chi connectivity index (χ0) is 20.3. The molecular formula is C21H31N5O2. The zero-order valence-corrected chi connectivity index (χ0v) is 17.5. The van der Waals surface area contributed by atoms with Gasteiger partial charge in [-0.1, -0.05) is 31.1 Å². The second kappa shape index (κ2) is 8.84. The van der Waals surface area contributed by atoms with Crippen LogP contribution in [0, 0.1) is 13.8 Å². The predicted molar refractivity (Wildman–Crippen MR) is 109 cm³/mol. The Morgan fingerprint density at radius 3 is 2.54 bits per heavy atom. The maximum absolute atomic E-state index is 12.4. The Hall–Kier alpha value is -2.25. The molecule has 0 saturated carbocycles. The van der Waals surface area contributed by atoms with E-state index in [0.29, 0.717) is 12.4 Å². The van der Waals surface area contributed by atoms with Crippen LogP contribution in [0.2, 0.25) is 0 Å². The van der Waals surface area contributed by atoms with Gasteiger partial charge in [-0.2, -0.15) is 4.98 Å². The van der Waals surface area contributed by atoms with Crippen molar-refractivity contribution in [1.29, 1.82) is 0 Å². The number of carbonyl (C=O) groups excluding carboxylic acids is 1. The van der Waals surface area contributed by atoms with Crippen LogP contribution < -0.4 is 5.32 Å². The smallest absolute Gasteiger partial charge is 0.243 e. The third kappa shape index (κ3) is 4.77. The summed E-state index contributed by atoms with van der Waals surface area (Å²) in [4.78, 5) is 21.5. The van der Waals surface area contributed by atoms with Crippen LogP contribution in [-0.4, -0.2) is 58.6 Å². The maximum Gasteiger partial charge on any atom is 0.243 e. The molecule has 28 heavy (non-hydrogen) atoms. The van der Waals surface area contributed by atoms with Gasteiger partial charge in [-0.3, -0.25) is 14.6 Å². The van der Waals surface area contributed by atoms with Gasteiger partial charge in [0.1, 0.15) is 0 Å². The molecule has 1 atom stereocenters. The highest BCUT2D eigenvalue weighted by atomic mass is 16.5. The molecule has 1 amide bonds. The fourth-order valence-corrected chi connectivity index (χ4v) is 3.40. The van der Waals surface area contributed by atoms with Gasteiger partial charge in [0.2, 0.25) is 11.8 Å². The van der Waals surface area contributed by atoms with Crippen molar-refractivity contribution in [3.8, 4) is 0 Å². The molecule has 0 aliphatic carbocycles. The summed E-state index contributed by atoms with van der Waals surface area (Å²) in [6.07, 6.45) is 0. The summed E-state index contributed by atoms with van der Waals surface area (Å²) in [7, 11) is 0. The van der Waals surface area contributed by atoms with Crippen LogP contribution in [0.25, 0.3) is 0 Å². The lowest BCUT2D eigenvalue weighted by molar-refractivity contribution is -0.117. The number of nitrogens with one attached hydrogen (secondary N) is 1. The van der Waals surface area contributed by atoms with E-state index in [-0.39, 0.29) is 17.9 Å². The number of hydrogen-bond donors (Lipinski definition) is 1. The van der Waals surface area contributed by atoms with Gasteiger partial charge in [0.05, 0.1) is 12.6 Å². The van der Waals surface area contributed by atoms with Gasteiger partial charge in [-0.05, 0) is 38.0 Å². The first-order valence-electron chi connectivity index (χ1n) is 10.0. The van der Waals surface area contributed by atoms with Crippen molar-refractivity contribution in [3.05, 3.63) is 41.0 Å². The molecule has 2 aromatic rings. The lowest BCUT2D eigenvalue weighted by Crippen LogP contribution is -2.49. The number of aryl methyl sites for hydroxylation is 1. The number of benzene rings is 1. The summed E-state index contributed by atoms with van der Waals surface area (Å²) < 4.78 is 5.44. The molecule has 7 heteroatoms. The lowest BCUT2D eigenvalue weighted by atomic mass is 10.1. The maximum atomic E-state index is 12.4. The third-order valence-electron chi connectivity index (χ3n) is 5.53. The van der Waals surface area contributed by atoms with Crippen LogP contribution in [0.5, 0.6) is 0 Å². The van der Waals surface area contributed by atoms with Crippen LogP contribution in [0.1, 0.15) is 55.6 Å². The molecule has 1 aliphatic heterocycles. The largest absolute Gasteiger partial charge is 0.338 e. The van der Waals surface area contributed by atoms with Crippen molar-refractivity contribution in [3.63, 3.8) is 0 Å². The Balaban J connectivity index is 1.49. The summed E-state index contributed by atoms with van der Waals surface area (Å²) in [5.74, 6) is 1.72. The summed E-state index contributed by atoms with van der Waals surface area (Å²) in [6.45, 7) is 14.1. The van der Waals surface area contributed by atoms with Crippen LogP contribution in [0.4, 0.5) is 5.69 Å². The first-order valence-corrected chi connectivity index (χ1v) is 10.0. The minimum Gasteiger partial charge on any atom is -0.338 e. The first-order chi connectivity index (χ1) is 13.3. The van der Waals surface area contributed by atoms with Gasteiger partial charge in [0.15, 0.2) is 5.82 Å². The predicted octanol–water partition coefficient (Wildman–Crippen LogP) is 3.13. The second-order valence-corrected chi connectivity index (χ2v) is 7.93. The molecular weight excluding hydrogens is 354 g/mol. The van der Waals surface area contributed by atoms with Crippen LogP contribution in [-0.2, 0) is 4.79 Å². The fourth-order valence-electron chi connectivity index (χ4n) is 3.40. The molecule has 1 N–H and O–H groups in total. The molecule has 7 nitrogen and oxygen atoms in total. The number of aromatic nitrogens is 2. The Morgan fingerprint density at radius 2 is 1.89 bits per heavy atom. The first kappa shape index (κ1) is 20.5. The highest BCUT2D eigenvalue weighted by Crippen LogP contribution is 2.22. The normalized spacial score (nSPS) is 17.1. The standard InChI is InChI=1S/C21H31N5O2/c1-14(2)20-23-21(28-24-20)17(5)26-11-9-25(10-12-26)13-19(27)22-18-8-6-7-15(3)16(18)4/h6-8,14,17H,9-13H2,1-5H3,(H,22,27)/t17-/m0/s1. The van der Waals surface area contributed by atoms with Crippen molar-refractivity contribution in [2.24, 2.45) is 0 Å². The molecule has 0 spiro atoms. The zero-order valence-electron chi connectivity index (χ0n) is 17.5. The van der Waals surface area contributed by atoms with Crippen LogP contribution in [0.3, 0.4) is 0 Å². The van der Waals surface area contributed by atoms with E-state index in [1.807, 2.05) is 19.1 Å². The molecule has 0 unspecified atom stereocenters. The number of piperazine rings is 1. The lowest BCUT2D eigenvalue weighted by Gasteiger charge is -2.36. The molecule has 3 rings (SSSR count). The Bertz CT molecular complexity index is 809. The van der Waals surface area contributed by atoms with E-state index < -0.39 is 0 Å². The number of hydrogen-bond acceptors (Lipinski definition) is 6. The molecule has 152 valence electrons. The molecule has 1 aliphatic rings. The topological polar surface area (TPSA) is 74.5 Å². The quantitative estimate of drug-likeness (QED) is 0.823. The van der Waals surface area contributed by atoms with Gasteiger partial charge in [0.25, 0.3) is 0 Å². The highest BCUT2D eigenvalue weighted by molar-refractivity contribution is 5.93. The van der Waals surface area contributed by atoms with Crippen molar-refractivity contribution in [2.45, 2.75) is 46.6 Å². The van der Waals surface area contributed by atoms with E-state index in [1.165, 1.54) is 5.56 Å². The minimum absolute atomic E-state index is 0.0358. The Morgan fingerprint density at radius 1 is 1.18 bits per heavy atom. The summed E-state index contributed by atoms with van der Waals surface area (Å²) in [6, 6.07) is 6.07. The van der Waals surface area contributed by atoms with Gasteiger partial charge in [0, 0.05) is 37.8 Å². The van der Waals surface area contributed by atoms with E-state index in [2.05, 4.69) is 59.0 Å². The molecule has 1 saturated heterocycles. The summed E-state index contributed by atoms with van der Waals surface area (Å²) in [5, 5.41) is 7.11. The molecule has 1 fully saturated rings. The number of nitrogens with zero attached hydrogens (tertiary/aromatic N) is 4. The van der Waals surface area contributed by atoms with Crippen LogP contribution in [0.15, 0.2) is 22.7 Å². The number of rotatable bonds is 6. The molecule has 1 aromatic heterocycles. The van der Waals surface area contributed by atoms with Gasteiger partial charge in [-0.15, -0.1) is 0 Å².